The van der Waals surface area contributed by atoms with Gasteiger partial charge >= 0.3 is 0 Å². The smallest absolute Gasteiger partial charge is 0.193 e. The molecule has 3 heterocycles. The van der Waals surface area contributed by atoms with Crippen molar-refractivity contribution in [3.8, 4) is 0 Å². The number of hydrogen-bond donors (Lipinski definition) is 1. The molecule has 3 saturated heterocycles. The van der Waals surface area contributed by atoms with Crippen LogP contribution in [0.2, 0.25) is 0 Å². The maximum absolute atomic E-state index is 5.90. The summed E-state index contributed by atoms with van der Waals surface area (Å²) in [6, 6.07) is 0.482. The molecule has 5 heteroatoms. The molecule has 124 valence electrons. The molecule has 4 rings (SSSR count). The standard InChI is InChI=1S/C17H29N3O2/c1-16(2)13(12-4-8-22-14(12)16)19-15(18-3)20-7-5-17(10-20)6-9-21-11-17/h12-14H,4-11H2,1-3H3,(H,18,19). The van der Waals surface area contributed by atoms with Crippen molar-refractivity contribution < 1.29 is 9.47 Å². The summed E-state index contributed by atoms with van der Waals surface area (Å²) in [6.45, 7) is 9.59. The molecule has 0 aromatic heterocycles. The second kappa shape index (κ2) is 5.10. The van der Waals surface area contributed by atoms with Crippen LogP contribution in [0.3, 0.4) is 0 Å². The van der Waals surface area contributed by atoms with Crippen LogP contribution in [0.4, 0.5) is 0 Å². The van der Waals surface area contributed by atoms with Crippen LogP contribution < -0.4 is 5.32 Å². The number of likely N-dealkylation sites (tertiary alicyclic amines) is 1. The molecule has 22 heavy (non-hydrogen) atoms. The minimum absolute atomic E-state index is 0.199. The lowest BCUT2D eigenvalue weighted by Crippen LogP contribution is -2.68. The fourth-order valence-electron chi connectivity index (χ4n) is 5.14. The molecule has 3 aliphatic heterocycles. The molecule has 1 N–H and O–H groups in total. The molecule has 0 aromatic carbocycles. The van der Waals surface area contributed by atoms with Crippen molar-refractivity contribution in [3.05, 3.63) is 0 Å². The molecule has 1 aliphatic carbocycles. The van der Waals surface area contributed by atoms with Gasteiger partial charge in [-0.1, -0.05) is 13.8 Å². The predicted octanol–water partition coefficient (Wildman–Crippen LogP) is 1.49. The van der Waals surface area contributed by atoms with E-state index in [1.54, 1.807) is 0 Å². The van der Waals surface area contributed by atoms with Crippen LogP contribution >= 0.6 is 0 Å². The molecular formula is C17H29N3O2. The maximum atomic E-state index is 5.90. The molecule has 4 fully saturated rings. The first-order chi connectivity index (χ1) is 10.6. The number of guanidine groups is 1. The van der Waals surface area contributed by atoms with Crippen molar-refractivity contribution in [2.75, 3.05) is 40.0 Å². The van der Waals surface area contributed by atoms with Gasteiger partial charge in [-0.05, 0) is 19.3 Å². The monoisotopic (exact) mass is 307 g/mol. The number of nitrogens with zero attached hydrogens (tertiary/aromatic N) is 2. The Morgan fingerprint density at radius 2 is 2.14 bits per heavy atom. The third kappa shape index (κ3) is 2.08. The molecule has 0 aromatic rings. The van der Waals surface area contributed by atoms with Crippen molar-refractivity contribution in [3.63, 3.8) is 0 Å². The van der Waals surface area contributed by atoms with Crippen LogP contribution in [0.15, 0.2) is 4.99 Å². The van der Waals surface area contributed by atoms with E-state index < -0.39 is 0 Å². The number of aliphatic imine (C=N–C) groups is 1. The Bertz CT molecular complexity index is 471. The summed E-state index contributed by atoms with van der Waals surface area (Å²) in [5.41, 5.74) is 0.580. The minimum atomic E-state index is 0.199. The van der Waals surface area contributed by atoms with Crippen LogP contribution in [-0.4, -0.2) is 63.0 Å². The van der Waals surface area contributed by atoms with Gasteiger partial charge in [-0.2, -0.15) is 0 Å². The van der Waals surface area contributed by atoms with Crippen molar-refractivity contribution in [2.45, 2.75) is 45.3 Å². The van der Waals surface area contributed by atoms with Crippen molar-refractivity contribution in [1.82, 2.24) is 10.2 Å². The van der Waals surface area contributed by atoms with E-state index in [9.17, 15) is 0 Å². The quantitative estimate of drug-likeness (QED) is 0.589. The van der Waals surface area contributed by atoms with E-state index in [4.69, 9.17) is 9.47 Å². The summed E-state index contributed by atoms with van der Waals surface area (Å²) in [4.78, 5) is 7.01. The average molecular weight is 307 g/mol. The number of nitrogens with one attached hydrogen (secondary N) is 1. The van der Waals surface area contributed by atoms with E-state index in [0.717, 1.165) is 38.9 Å². The van der Waals surface area contributed by atoms with Crippen LogP contribution in [0, 0.1) is 16.7 Å². The second-order valence-electron chi connectivity index (χ2n) is 8.21. The first-order valence-electron chi connectivity index (χ1n) is 8.73. The van der Waals surface area contributed by atoms with Gasteiger partial charge in [-0.25, -0.2) is 0 Å². The summed E-state index contributed by atoms with van der Waals surface area (Å²) >= 11 is 0. The lowest BCUT2D eigenvalue weighted by molar-refractivity contribution is -0.107. The largest absolute Gasteiger partial charge is 0.381 e. The molecule has 4 atom stereocenters. The molecule has 0 bridgehead atoms. The van der Waals surface area contributed by atoms with Crippen molar-refractivity contribution in [1.29, 1.82) is 0 Å². The zero-order chi connectivity index (χ0) is 15.4. The molecule has 0 amide bonds. The third-order valence-electron chi connectivity index (χ3n) is 6.52. The highest BCUT2D eigenvalue weighted by atomic mass is 16.5. The minimum Gasteiger partial charge on any atom is -0.381 e. The van der Waals surface area contributed by atoms with E-state index in [2.05, 4.69) is 29.1 Å². The first kappa shape index (κ1) is 14.8. The van der Waals surface area contributed by atoms with Gasteiger partial charge < -0.3 is 19.7 Å². The predicted molar refractivity (Wildman–Crippen MR) is 86.0 cm³/mol. The van der Waals surface area contributed by atoms with E-state index in [1.165, 1.54) is 19.3 Å². The highest BCUT2D eigenvalue weighted by molar-refractivity contribution is 5.81. The zero-order valence-corrected chi connectivity index (χ0v) is 14.1. The Kier molecular flexibility index (Phi) is 3.42. The van der Waals surface area contributed by atoms with Crippen LogP contribution in [0.5, 0.6) is 0 Å². The third-order valence-corrected chi connectivity index (χ3v) is 6.52. The van der Waals surface area contributed by atoms with Gasteiger partial charge in [0.2, 0.25) is 0 Å². The van der Waals surface area contributed by atoms with Gasteiger partial charge in [0.15, 0.2) is 5.96 Å². The maximum Gasteiger partial charge on any atom is 0.193 e. The molecular weight excluding hydrogens is 278 g/mol. The number of fused-ring (bicyclic) bond motifs is 1. The normalized spacial score (nSPS) is 43.5. The lowest BCUT2D eigenvalue weighted by Gasteiger charge is -2.55. The second-order valence-corrected chi connectivity index (χ2v) is 8.21. The van der Waals surface area contributed by atoms with Crippen molar-refractivity contribution in [2.24, 2.45) is 21.7 Å². The summed E-state index contributed by atoms with van der Waals surface area (Å²) in [5.74, 6) is 1.73. The topological polar surface area (TPSA) is 46.1 Å². The highest BCUT2D eigenvalue weighted by Crippen LogP contribution is 2.52. The number of hydrogen-bond acceptors (Lipinski definition) is 3. The molecule has 1 spiro atoms. The van der Waals surface area contributed by atoms with Crippen LogP contribution in [0.25, 0.3) is 0 Å². The fraction of sp³-hybridized carbons (Fsp3) is 0.941. The molecule has 4 aliphatic rings. The Hall–Kier alpha value is -0.810. The molecule has 1 saturated carbocycles. The average Bonchev–Trinajstić information content (AvgIpc) is 3.22. The molecule has 5 nitrogen and oxygen atoms in total. The van der Waals surface area contributed by atoms with Crippen LogP contribution in [0.1, 0.15) is 33.1 Å². The van der Waals surface area contributed by atoms with Crippen molar-refractivity contribution >= 4 is 5.96 Å². The summed E-state index contributed by atoms with van der Waals surface area (Å²) < 4.78 is 11.5. The Labute approximate surface area is 133 Å². The van der Waals surface area contributed by atoms with E-state index in [-0.39, 0.29) is 5.41 Å². The van der Waals surface area contributed by atoms with E-state index in [0.29, 0.717) is 23.5 Å². The van der Waals surface area contributed by atoms with E-state index >= 15 is 0 Å². The van der Waals surface area contributed by atoms with Gasteiger partial charge in [-0.3, -0.25) is 4.99 Å². The lowest BCUT2D eigenvalue weighted by atomic mass is 9.57. The Morgan fingerprint density at radius 3 is 2.86 bits per heavy atom. The number of ether oxygens (including phenoxy) is 2. The fourth-order valence-corrected chi connectivity index (χ4v) is 5.14. The van der Waals surface area contributed by atoms with Gasteiger partial charge in [0.25, 0.3) is 0 Å². The van der Waals surface area contributed by atoms with Gasteiger partial charge in [0.1, 0.15) is 0 Å². The summed E-state index contributed by atoms with van der Waals surface area (Å²) in [7, 11) is 1.91. The zero-order valence-electron chi connectivity index (χ0n) is 14.1. The van der Waals surface area contributed by atoms with E-state index in [1.807, 2.05) is 7.05 Å². The van der Waals surface area contributed by atoms with Gasteiger partial charge in [0.05, 0.1) is 12.7 Å². The summed E-state index contributed by atoms with van der Waals surface area (Å²) in [5, 5.41) is 3.77. The van der Waals surface area contributed by atoms with Gasteiger partial charge in [0, 0.05) is 56.1 Å². The number of rotatable bonds is 1. The Morgan fingerprint density at radius 1 is 1.27 bits per heavy atom. The van der Waals surface area contributed by atoms with Gasteiger partial charge in [-0.15, -0.1) is 0 Å². The molecule has 0 radical (unpaired) electrons. The Balaban J connectivity index is 1.43. The summed E-state index contributed by atoms with van der Waals surface area (Å²) in [6.07, 6.45) is 4.04. The first-order valence-corrected chi connectivity index (χ1v) is 8.73. The molecule has 4 unspecified atom stereocenters. The van der Waals surface area contributed by atoms with Crippen LogP contribution in [-0.2, 0) is 9.47 Å². The highest BCUT2D eigenvalue weighted by Gasteiger charge is 2.60. The SMILES string of the molecule is CN=C(NC1C2CCOC2C1(C)C)N1CCC2(CCOC2)C1.